The highest BCUT2D eigenvalue weighted by Gasteiger charge is 2.56. The van der Waals surface area contributed by atoms with Gasteiger partial charge in [-0.25, -0.2) is 37.8 Å². The molecule has 13 nitrogen and oxygen atoms in total. The predicted molar refractivity (Wildman–Crippen MR) is 357 cm³/mol. The van der Waals surface area contributed by atoms with Gasteiger partial charge < -0.3 is 20.3 Å². The van der Waals surface area contributed by atoms with E-state index in [1.54, 1.807) is 53.3 Å². The largest absolute Gasteiger partial charge is 0.479 e. The zero-order chi connectivity index (χ0) is 65.6. The molecule has 0 saturated carbocycles. The number of nitrogens with zero attached hydrogens (tertiary/aromatic N) is 6. The molecule has 3 aliphatic rings. The quantitative estimate of drug-likeness (QED) is 0.0419. The number of esters is 1. The van der Waals surface area contributed by atoms with Crippen LogP contribution >= 0.6 is 0 Å². The Kier molecular flexibility index (Phi) is 23.6. The minimum Gasteiger partial charge on any atom is -0.479 e. The molecular formula is C74H92F3N7O6. The SMILES string of the molecule is CCCCC1C(c2ccc(F)cc2)=NN(c2ccc(C)cc2)C1(C)C(=O)NCCCC(C)(C)CO.CCCCC1C(c2ccc(F)cc2)=NN(c2ccc(C)cc2)C1(C)C(=O)O.CCCCC1C(c2ccc(F)cc2)=NN(c2ccc(C)cc2)C1(C)C(=O)OC. The number of methoxy groups -OCH3 is 1. The summed E-state index contributed by atoms with van der Waals surface area (Å²) in [6.07, 6.45) is 9.70. The van der Waals surface area contributed by atoms with Crippen LogP contribution in [0.3, 0.4) is 0 Å². The smallest absolute Gasteiger partial charge is 0.334 e. The molecule has 6 atom stereocenters. The van der Waals surface area contributed by atoms with Gasteiger partial charge in [-0.05, 0) is 169 Å². The fourth-order valence-electron chi connectivity index (χ4n) is 12.2. The monoisotopic (exact) mass is 1230 g/mol. The molecule has 0 saturated heterocycles. The van der Waals surface area contributed by atoms with Crippen LogP contribution in [0.1, 0.15) is 159 Å². The van der Waals surface area contributed by atoms with Gasteiger partial charge >= 0.3 is 11.9 Å². The maximum atomic E-state index is 13.9. The fraction of sp³-hybridized carbons (Fsp3) is 0.432. The van der Waals surface area contributed by atoms with Crippen molar-refractivity contribution in [2.45, 2.75) is 163 Å². The van der Waals surface area contributed by atoms with Gasteiger partial charge in [0.05, 0.1) is 41.3 Å². The van der Waals surface area contributed by atoms with Gasteiger partial charge in [-0.3, -0.25) is 4.79 Å². The number of benzene rings is 6. The first-order chi connectivity index (χ1) is 42.9. The third kappa shape index (κ3) is 15.5. The van der Waals surface area contributed by atoms with Crippen molar-refractivity contribution >= 4 is 52.0 Å². The summed E-state index contributed by atoms with van der Waals surface area (Å²) < 4.78 is 45.7. The molecule has 3 N–H and O–H groups in total. The number of aryl methyl sites for hydroxylation is 3. The molecule has 0 radical (unpaired) electrons. The van der Waals surface area contributed by atoms with Gasteiger partial charge in [-0.15, -0.1) is 0 Å². The first-order valence-corrected chi connectivity index (χ1v) is 31.8. The molecule has 3 aliphatic heterocycles. The number of aliphatic hydroxyl groups is 1. The second-order valence-corrected chi connectivity index (χ2v) is 25.4. The summed E-state index contributed by atoms with van der Waals surface area (Å²) in [5.74, 6) is -2.81. The van der Waals surface area contributed by atoms with Crippen LogP contribution in [-0.2, 0) is 19.1 Å². The summed E-state index contributed by atoms with van der Waals surface area (Å²) in [6.45, 7) is 22.7. The molecule has 6 unspecified atom stereocenters. The molecule has 1 amide bonds. The number of carbonyl (C=O) groups excluding carboxylic acids is 2. The number of aliphatic carboxylic acids is 1. The van der Waals surface area contributed by atoms with Crippen LogP contribution in [0.2, 0.25) is 0 Å². The van der Waals surface area contributed by atoms with Crippen molar-refractivity contribution in [2.75, 3.05) is 35.3 Å². The average Bonchev–Trinajstić information content (AvgIpc) is 1.62. The van der Waals surface area contributed by atoms with Crippen LogP contribution in [0.15, 0.2) is 161 Å². The number of rotatable bonds is 23. The molecule has 90 heavy (non-hydrogen) atoms. The molecule has 16 heteroatoms. The molecule has 6 aromatic carbocycles. The molecule has 9 rings (SSSR count). The van der Waals surface area contributed by atoms with Crippen LogP contribution < -0.4 is 20.3 Å². The van der Waals surface area contributed by atoms with E-state index in [0.29, 0.717) is 18.7 Å². The second-order valence-electron chi connectivity index (χ2n) is 25.4. The zero-order valence-corrected chi connectivity index (χ0v) is 54.6. The minimum atomic E-state index is -1.20. The van der Waals surface area contributed by atoms with Gasteiger partial charge in [0.25, 0.3) is 0 Å². The second kappa shape index (κ2) is 30.6. The highest BCUT2D eigenvalue weighted by atomic mass is 19.1. The van der Waals surface area contributed by atoms with Crippen molar-refractivity contribution in [1.82, 2.24) is 5.32 Å². The number of carboxylic acids is 1. The first kappa shape index (κ1) is 69.4. The van der Waals surface area contributed by atoms with E-state index >= 15 is 0 Å². The number of ether oxygens (including phenoxy) is 1. The third-order valence-corrected chi connectivity index (χ3v) is 18.0. The van der Waals surface area contributed by atoms with Crippen molar-refractivity contribution in [3.63, 3.8) is 0 Å². The van der Waals surface area contributed by atoms with Crippen LogP contribution in [0.4, 0.5) is 30.2 Å². The number of hydrogen-bond acceptors (Lipinski definition) is 11. The summed E-state index contributed by atoms with van der Waals surface area (Å²) in [6, 6.07) is 42.5. The Morgan fingerprint density at radius 3 is 1.13 bits per heavy atom. The fourth-order valence-corrected chi connectivity index (χ4v) is 12.2. The predicted octanol–water partition coefficient (Wildman–Crippen LogP) is 15.9. The molecule has 0 fully saturated rings. The number of nitrogens with one attached hydrogen (secondary N) is 1. The van der Waals surface area contributed by atoms with Gasteiger partial charge in [0, 0.05) is 30.9 Å². The van der Waals surface area contributed by atoms with Gasteiger partial charge in [0.2, 0.25) is 5.91 Å². The number of hydrogen-bond donors (Lipinski definition) is 3. The van der Waals surface area contributed by atoms with E-state index in [1.807, 2.05) is 126 Å². The molecule has 3 heterocycles. The van der Waals surface area contributed by atoms with Gasteiger partial charge in [0.1, 0.15) is 23.0 Å². The van der Waals surface area contributed by atoms with Crippen LogP contribution in [0.5, 0.6) is 0 Å². The van der Waals surface area contributed by atoms with Crippen molar-refractivity contribution in [3.8, 4) is 0 Å². The highest BCUT2D eigenvalue weighted by molar-refractivity contribution is 6.12. The van der Waals surface area contributed by atoms with Crippen molar-refractivity contribution in [2.24, 2.45) is 38.5 Å². The molecule has 0 aromatic heterocycles. The summed E-state index contributed by atoms with van der Waals surface area (Å²) in [5, 5.41) is 42.7. The number of aliphatic hydroxyl groups excluding tert-OH is 1. The third-order valence-electron chi connectivity index (χ3n) is 18.0. The van der Waals surface area contributed by atoms with E-state index in [1.165, 1.54) is 43.5 Å². The van der Waals surface area contributed by atoms with E-state index in [-0.39, 0.29) is 59.1 Å². The van der Waals surface area contributed by atoms with Crippen molar-refractivity contribution < 1.29 is 42.5 Å². The average molecular weight is 1230 g/mol. The Morgan fingerprint density at radius 2 is 0.822 bits per heavy atom. The Bertz CT molecular complexity index is 3450. The summed E-state index contributed by atoms with van der Waals surface area (Å²) in [7, 11) is 1.41. The normalized spacial score (nSPS) is 21.1. The maximum absolute atomic E-state index is 13.9. The Balaban J connectivity index is 0.000000194. The Hall–Kier alpha value is -8.11. The minimum absolute atomic E-state index is 0.0677. The molecule has 0 aliphatic carbocycles. The van der Waals surface area contributed by atoms with Gasteiger partial charge in [-0.2, -0.15) is 15.3 Å². The van der Waals surface area contributed by atoms with E-state index in [4.69, 9.17) is 20.0 Å². The summed E-state index contributed by atoms with van der Waals surface area (Å²) >= 11 is 0. The van der Waals surface area contributed by atoms with Crippen LogP contribution in [0.25, 0.3) is 0 Å². The summed E-state index contributed by atoms with van der Waals surface area (Å²) in [5.41, 5.74) is 7.26. The lowest BCUT2D eigenvalue weighted by atomic mass is 9.77. The van der Waals surface area contributed by atoms with Gasteiger partial charge in [-0.1, -0.05) is 163 Å². The lowest BCUT2D eigenvalue weighted by molar-refractivity contribution is -0.147. The molecule has 0 bridgehead atoms. The standard InChI is InChI=1S/C29H40FN3O2.C23H27FN2O2.C22H25FN2O2/c1-6-7-9-25-26(22-12-14-23(30)15-13-22)32-33(24-16-10-21(2)11-17-24)29(25,5)27(35)31-19-8-18-28(3,4)20-34;1-5-6-7-20-21(17-10-12-18(24)13-11-17)25-26(23(20,3)22(27)28-4)19-14-8-16(2)9-15-19;1-4-5-6-19-20(16-9-11-17(23)12-10-16)24-25(22(19,3)21(26)27)18-13-7-15(2)8-14-18/h10-17,25,34H,6-9,18-20H2,1-5H3,(H,31,35);8-15,20H,5-7H2,1-4H3;7-14,19H,4-6H2,1-3H3,(H,26,27). The summed E-state index contributed by atoms with van der Waals surface area (Å²) in [4.78, 5) is 39.3. The lowest BCUT2D eigenvalue weighted by Gasteiger charge is -2.38. The number of carbonyl (C=O) groups is 3. The van der Waals surface area contributed by atoms with Crippen molar-refractivity contribution in [3.05, 3.63) is 196 Å². The van der Waals surface area contributed by atoms with E-state index in [0.717, 1.165) is 126 Å². The Morgan fingerprint density at radius 1 is 0.511 bits per heavy atom. The molecular weight excluding hydrogens is 1140 g/mol. The number of carboxylic acid groups (broad SMARTS) is 1. The first-order valence-electron chi connectivity index (χ1n) is 31.8. The van der Waals surface area contributed by atoms with E-state index in [2.05, 4.69) is 26.1 Å². The number of unbranched alkanes of at least 4 members (excludes halogenated alkanes) is 3. The number of amides is 1. The Labute approximate surface area is 531 Å². The van der Waals surface area contributed by atoms with E-state index < -0.39 is 22.6 Å². The molecule has 0 spiro atoms. The topological polar surface area (TPSA) is 160 Å². The molecule has 480 valence electrons. The zero-order valence-electron chi connectivity index (χ0n) is 54.6. The van der Waals surface area contributed by atoms with Gasteiger partial charge in [0.15, 0.2) is 11.1 Å². The van der Waals surface area contributed by atoms with Crippen LogP contribution in [0, 0.1) is 61.4 Å². The van der Waals surface area contributed by atoms with Crippen LogP contribution in [-0.4, -0.2) is 82.1 Å². The molecule has 6 aromatic rings. The maximum Gasteiger partial charge on any atom is 0.334 e. The highest BCUT2D eigenvalue weighted by Crippen LogP contribution is 2.45. The number of hydrazone groups is 3. The number of anilines is 3. The van der Waals surface area contributed by atoms with E-state index in [9.17, 15) is 37.8 Å². The lowest BCUT2D eigenvalue weighted by Crippen LogP contribution is -2.58. The number of halogens is 3. The van der Waals surface area contributed by atoms with Crippen molar-refractivity contribution in [1.29, 1.82) is 0 Å².